The predicted molar refractivity (Wildman–Crippen MR) is 155 cm³/mol. The zero-order valence-electron chi connectivity index (χ0n) is 24.3. The molecule has 0 saturated carbocycles. The average Bonchev–Trinajstić information content (AvgIpc) is 2.98. The summed E-state index contributed by atoms with van der Waals surface area (Å²) >= 11 is 0. The number of rotatable bonds is 4. The minimum atomic E-state index is -0.887. The van der Waals surface area contributed by atoms with Gasteiger partial charge in [-0.15, -0.1) is 0 Å². The molecule has 1 aliphatic heterocycles. The van der Waals surface area contributed by atoms with Gasteiger partial charge in [0.05, 0.1) is 111 Å². The van der Waals surface area contributed by atoms with Gasteiger partial charge in [-0.2, -0.15) is 0 Å². The Bertz CT molecular complexity index is 1050. The third-order valence-electron chi connectivity index (χ3n) is 4.97. The Balaban J connectivity index is 0. The molecule has 2 aromatic carbocycles. The normalized spacial score (nSPS) is 14.8. The number of ether oxygens (including phenoxy) is 6. The zero-order chi connectivity index (χ0) is 32.7. The molecule has 0 amide bonds. The van der Waals surface area contributed by atoms with Gasteiger partial charge in [0.2, 0.25) is 0 Å². The lowest BCUT2D eigenvalue weighted by molar-refractivity contribution is -0.395. The van der Waals surface area contributed by atoms with Crippen molar-refractivity contribution in [3.8, 4) is 11.5 Å². The Morgan fingerprint density at radius 3 is 0.826 bits per heavy atom. The lowest BCUT2D eigenvalue weighted by Crippen LogP contribution is -2.16. The molecule has 1 fully saturated rings. The van der Waals surface area contributed by atoms with E-state index in [0.717, 1.165) is 24.3 Å². The van der Waals surface area contributed by atoms with Crippen LogP contribution in [0.4, 0.5) is 22.7 Å². The summed E-state index contributed by atoms with van der Waals surface area (Å²) in [5.41, 5.74) is -2.20. The van der Waals surface area contributed by atoms with Gasteiger partial charge in [0.25, 0.3) is 11.4 Å². The number of nitrogens with zero attached hydrogens (tertiary/aromatic N) is 4. The highest BCUT2D eigenvalue weighted by molar-refractivity contribution is 5.53. The van der Waals surface area contributed by atoms with Gasteiger partial charge in [-0.1, -0.05) is 0 Å². The van der Waals surface area contributed by atoms with E-state index >= 15 is 0 Å². The molecule has 0 radical (unpaired) electrons. The molecule has 22 heteroatoms. The molecule has 22 nitrogen and oxygen atoms in total. The van der Waals surface area contributed by atoms with Crippen LogP contribution in [0.2, 0.25) is 0 Å². The van der Waals surface area contributed by atoms with Gasteiger partial charge in [0.15, 0.2) is 11.5 Å². The molecule has 0 atom stereocenters. The van der Waals surface area contributed by atoms with Gasteiger partial charge in [-0.3, -0.25) is 40.5 Å². The van der Waals surface area contributed by atoms with Crippen LogP contribution < -0.4 is 0 Å². The van der Waals surface area contributed by atoms with Gasteiger partial charge in [0, 0.05) is 12.1 Å². The molecule has 260 valence electrons. The molecule has 1 saturated heterocycles. The number of phenolic OH excluding ortho intramolecular Hbond substituents is 2. The fourth-order valence-electron chi connectivity index (χ4n) is 2.86. The van der Waals surface area contributed by atoms with Crippen molar-refractivity contribution in [2.75, 3.05) is 79.3 Å². The molecule has 0 bridgehead atoms. The van der Waals surface area contributed by atoms with Crippen molar-refractivity contribution in [3.05, 3.63) is 76.9 Å². The second-order valence-corrected chi connectivity index (χ2v) is 8.05. The second-order valence-electron chi connectivity index (χ2n) is 8.05. The number of benzene rings is 2. The number of hydrogen-bond acceptors (Lipinski definition) is 16. The lowest BCUT2D eigenvalue weighted by Gasteiger charge is -2.09. The maximum absolute atomic E-state index is 10.2. The number of nitro benzene ring substituents is 4. The first-order valence-electron chi connectivity index (χ1n) is 12.7. The van der Waals surface area contributed by atoms with E-state index in [0.29, 0.717) is 91.4 Å². The lowest BCUT2D eigenvalue weighted by atomic mass is 10.2. The first-order chi connectivity index (χ1) is 21.0. The largest absolute Gasteiger partial charge is 0.502 e. The van der Waals surface area contributed by atoms with E-state index < -0.39 is 53.9 Å². The van der Waals surface area contributed by atoms with Crippen molar-refractivity contribution in [2.24, 2.45) is 0 Å². The van der Waals surface area contributed by atoms with Crippen molar-refractivity contribution in [1.29, 1.82) is 0 Å². The summed E-state index contributed by atoms with van der Waals surface area (Å²) in [6.45, 7) is 7.04. The summed E-state index contributed by atoms with van der Waals surface area (Å²) in [7, 11) is 0. The van der Waals surface area contributed by atoms with Gasteiger partial charge in [-0.05, 0) is 12.1 Å². The van der Waals surface area contributed by atoms with E-state index in [1.807, 2.05) is 0 Å². The monoisotopic (exact) mass is 668 g/mol. The summed E-state index contributed by atoms with van der Waals surface area (Å²) in [4.78, 5) is 37.5. The smallest absolute Gasteiger partial charge is 0.317 e. The summed E-state index contributed by atoms with van der Waals surface area (Å²) in [5.74, 6) is -1.17. The number of non-ortho nitro benzene ring substituents is 2. The molecule has 2 aromatic rings. The average molecular weight is 669 g/mol. The second kappa shape index (κ2) is 25.6. The Morgan fingerprint density at radius 2 is 0.652 bits per heavy atom. The van der Waals surface area contributed by atoms with E-state index in [1.54, 1.807) is 0 Å². The van der Waals surface area contributed by atoms with Crippen LogP contribution in [0.15, 0.2) is 36.4 Å². The molecule has 1 heterocycles. The van der Waals surface area contributed by atoms with Crippen molar-refractivity contribution in [2.45, 2.75) is 0 Å². The first-order valence-corrected chi connectivity index (χ1v) is 12.7. The van der Waals surface area contributed by atoms with Crippen molar-refractivity contribution < 1.29 is 69.3 Å². The van der Waals surface area contributed by atoms with E-state index in [1.165, 1.54) is 0 Å². The van der Waals surface area contributed by atoms with Crippen molar-refractivity contribution >= 4 is 22.7 Å². The molecule has 0 spiro atoms. The summed E-state index contributed by atoms with van der Waals surface area (Å²) in [6.07, 6.45) is 0. The topological polar surface area (TPSA) is 331 Å². The fourth-order valence-corrected chi connectivity index (χ4v) is 2.86. The van der Waals surface area contributed by atoms with E-state index in [9.17, 15) is 40.5 Å². The molecule has 46 heavy (non-hydrogen) atoms. The molecular weight excluding hydrogens is 632 g/mol. The minimum absolute atomic E-state index is 0. The number of nitro groups is 4. The van der Waals surface area contributed by atoms with Gasteiger partial charge >= 0.3 is 11.4 Å². The van der Waals surface area contributed by atoms with Gasteiger partial charge in [0.1, 0.15) is 0 Å². The zero-order valence-corrected chi connectivity index (χ0v) is 24.3. The molecule has 0 aromatic heterocycles. The third-order valence-corrected chi connectivity index (χ3v) is 4.97. The fraction of sp³-hybridized carbons (Fsp3) is 0.500. The van der Waals surface area contributed by atoms with Crippen LogP contribution >= 0.6 is 0 Å². The van der Waals surface area contributed by atoms with Crippen LogP contribution in [0.1, 0.15) is 0 Å². The van der Waals surface area contributed by atoms with Crippen LogP contribution in [0.3, 0.4) is 0 Å². The van der Waals surface area contributed by atoms with E-state index in [-0.39, 0.29) is 11.0 Å². The highest BCUT2D eigenvalue weighted by atomic mass is 16.6. The standard InChI is InChI=1S/C12H24O6.2C6H4N2O5.2H2O/c1-2-14-5-6-16-9-10-18-12-11-17-8-7-15-4-3-13-1;2*9-6-2-1-4(7(10)11)3-5(6)8(12)13;;/h1-12H2;2*1-3,9H;2*1H2. The van der Waals surface area contributed by atoms with Crippen LogP contribution in [-0.2, 0) is 28.4 Å². The molecule has 6 N–H and O–H groups in total. The summed E-state index contributed by atoms with van der Waals surface area (Å²) < 4.78 is 32.0. The van der Waals surface area contributed by atoms with E-state index in [2.05, 4.69) is 0 Å². The highest BCUT2D eigenvalue weighted by Crippen LogP contribution is 2.30. The van der Waals surface area contributed by atoms with Gasteiger partial charge in [-0.25, -0.2) is 0 Å². The SMILES string of the molecule is C1COCCOCCOCCOCCOCCO1.O.O.O=[N+]([O-])c1ccc(O)c([N+](=O)[O-])c1.O=[N+]([O-])c1ccc(O)c([N+](=O)[O-])c1. The van der Waals surface area contributed by atoms with Gasteiger partial charge < -0.3 is 49.6 Å². The quantitative estimate of drug-likeness (QED) is 0.337. The summed E-state index contributed by atoms with van der Waals surface area (Å²) in [5, 5.41) is 58.7. The van der Waals surface area contributed by atoms with E-state index in [4.69, 9.17) is 38.6 Å². The minimum Gasteiger partial charge on any atom is -0.502 e. The number of phenols is 2. The Hall–Kier alpha value is -4.68. The Kier molecular flexibility index (Phi) is 24.2. The van der Waals surface area contributed by atoms with Crippen LogP contribution in [0, 0.1) is 40.5 Å². The highest BCUT2D eigenvalue weighted by Gasteiger charge is 2.19. The maximum Gasteiger partial charge on any atom is 0.317 e. The number of hydrogen-bond donors (Lipinski definition) is 2. The maximum atomic E-state index is 10.2. The molecule has 3 rings (SSSR count). The Morgan fingerprint density at radius 1 is 0.435 bits per heavy atom. The molecule has 1 aliphatic rings. The van der Waals surface area contributed by atoms with Crippen LogP contribution in [0.25, 0.3) is 0 Å². The Labute approximate surface area is 260 Å². The summed E-state index contributed by atoms with van der Waals surface area (Å²) in [6, 6.07) is 5.21. The van der Waals surface area contributed by atoms with Crippen molar-refractivity contribution in [3.63, 3.8) is 0 Å². The van der Waals surface area contributed by atoms with Crippen LogP contribution in [0.5, 0.6) is 11.5 Å². The third kappa shape index (κ3) is 18.9. The van der Waals surface area contributed by atoms with Crippen molar-refractivity contribution in [1.82, 2.24) is 0 Å². The molecular formula is C24H36N4O18. The predicted octanol–water partition coefficient (Wildman–Crippen LogP) is 0.867. The molecule has 0 unspecified atom stereocenters. The first kappa shape index (κ1) is 43.4. The number of aromatic hydroxyl groups is 2. The van der Waals surface area contributed by atoms with Crippen LogP contribution in [-0.4, -0.2) is 120 Å². The molecule has 0 aliphatic carbocycles.